The van der Waals surface area contributed by atoms with E-state index >= 15 is 0 Å². The Morgan fingerprint density at radius 1 is 1.73 bits per heavy atom. The molecular formula is C9H16N2. The van der Waals surface area contributed by atoms with E-state index in [2.05, 4.69) is 23.1 Å². The van der Waals surface area contributed by atoms with Crippen LogP contribution in [0.4, 0.5) is 0 Å². The van der Waals surface area contributed by atoms with Crippen molar-refractivity contribution in [3.05, 3.63) is 0 Å². The van der Waals surface area contributed by atoms with E-state index in [0.29, 0.717) is 6.04 Å². The van der Waals surface area contributed by atoms with Gasteiger partial charge in [0.15, 0.2) is 0 Å². The summed E-state index contributed by atoms with van der Waals surface area (Å²) in [5.41, 5.74) is 0. The minimum absolute atomic E-state index is 0.589. The van der Waals surface area contributed by atoms with Gasteiger partial charge in [0.05, 0.1) is 6.54 Å². The third-order valence-corrected chi connectivity index (χ3v) is 1.99. The minimum Gasteiger partial charge on any atom is -0.313 e. The van der Waals surface area contributed by atoms with E-state index in [9.17, 15) is 0 Å². The molecule has 0 aromatic carbocycles. The first-order valence-corrected chi connectivity index (χ1v) is 4.22. The van der Waals surface area contributed by atoms with Gasteiger partial charge in [0.2, 0.25) is 0 Å². The molecule has 1 unspecified atom stereocenters. The Hall–Kier alpha value is -0.520. The zero-order valence-electron chi connectivity index (χ0n) is 7.14. The van der Waals surface area contributed by atoms with Crippen LogP contribution in [0.25, 0.3) is 0 Å². The lowest BCUT2D eigenvalue weighted by molar-refractivity contribution is 0.305. The van der Waals surface area contributed by atoms with Gasteiger partial charge in [-0.05, 0) is 19.9 Å². The molecule has 1 aliphatic rings. The van der Waals surface area contributed by atoms with E-state index in [1.165, 1.54) is 6.42 Å². The van der Waals surface area contributed by atoms with E-state index < -0.39 is 0 Å². The van der Waals surface area contributed by atoms with Crippen molar-refractivity contribution >= 4 is 0 Å². The zero-order chi connectivity index (χ0) is 8.10. The van der Waals surface area contributed by atoms with E-state index in [-0.39, 0.29) is 0 Å². The molecule has 0 aliphatic carbocycles. The SMILES string of the molecule is C#CCN1CCCNC(C)C1. The molecule has 0 aromatic rings. The molecule has 62 valence electrons. The summed E-state index contributed by atoms with van der Waals surface area (Å²) in [6.07, 6.45) is 6.46. The highest BCUT2D eigenvalue weighted by molar-refractivity contribution is 4.89. The molecule has 0 saturated carbocycles. The van der Waals surface area contributed by atoms with Gasteiger partial charge < -0.3 is 5.32 Å². The summed E-state index contributed by atoms with van der Waals surface area (Å²) in [6, 6.07) is 0.589. The zero-order valence-corrected chi connectivity index (χ0v) is 7.14. The van der Waals surface area contributed by atoms with E-state index in [0.717, 1.165) is 26.2 Å². The smallest absolute Gasteiger partial charge is 0.0599 e. The molecular weight excluding hydrogens is 136 g/mol. The molecule has 1 atom stereocenters. The normalized spacial score (nSPS) is 27.5. The molecule has 0 spiro atoms. The maximum atomic E-state index is 5.24. The van der Waals surface area contributed by atoms with Crippen LogP contribution in [0.5, 0.6) is 0 Å². The summed E-state index contributed by atoms with van der Waals surface area (Å²) in [6.45, 7) is 6.36. The van der Waals surface area contributed by atoms with Gasteiger partial charge in [0.1, 0.15) is 0 Å². The van der Waals surface area contributed by atoms with Crippen molar-refractivity contribution in [2.24, 2.45) is 0 Å². The molecule has 11 heavy (non-hydrogen) atoms. The highest BCUT2D eigenvalue weighted by Gasteiger charge is 2.11. The molecule has 1 N–H and O–H groups in total. The van der Waals surface area contributed by atoms with Crippen molar-refractivity contribution in [3.63, 3.8) is 0 Å². The Bertz CT molecular complexity index is 148. The molecule has 1 saturated heterocycles. The second-order valence-electron chi connectivity index (χ2n) is 3.15. The van der Waals surface area contributed by atoms with E-state index in [1.807, 2.05) is 0 Å². The molecule has 1 fully saturated rings. The van der Waals surface area contributed by atoms with Crippen LogP contribution in [0.15, 0.2) is 0 Å². The van der Waals surface area contributed by atoms with E-state index in [1.54, 1.807) is 0 Å². The summed E-state index contributed by atoms with van der Waals surface area (Å²) in [7, 11) is 0. The number of terminal acetylenes is 1. The van der Waals surface area contributed by atoms with Crippen molar-refractivity contribution in [2.45, 2.75) is 19.4 Å². The largest absolute Gasteiger partial charge is 0.313 e. The molecule has 0 amide bonds. The molecule has 1 rings (SSSR count). The number of hydrogen-bond donors (Lipinski definition) is 1. The Kier molecular flexibility index (Phi) is 3.41. The Morgan fingerprint density at radius 2 is 2.55 bits per heavy atom. The average Bonchev–Trinajstić information content (AvgIpc) is 2.15. The lowest BCUT2D eigenvalue weighted by atomic mass is 10.3. The van der Waals surface area contributed by atoms with Gasteiger partial charge in [-0.15, -0.1) is 6.42 Å². The maximum Gasteiger partial charge on any atom is 0.0599 e. The highest BCUT2D eigenvalue weighted by atomic mass is 15.2. The molecule has 0 bridgehead atoms. The number of nitrogens with zero attached hydrogens (tertiary/aromatic N) is 1. The molecule has 2 heteroatoms. The standard InChI is InChI=1S/C9H16N2/c1-3-6-11-7-4-5-10-9(2)8-11/h1,9-10H,4-8H2,2H3. The fourth-order valence-electron chi connectivity index (χ4n) is 1.47. The van der Waals surface area contributed by atoms with Crippen molar-refractivity contribution in [1.82, 2.24) is 10.2 Å². The first kappa shape index (κ1) is 8.58. The fourth-order valence-corrected chi connectivity index (χ4v) is 1.47. The Morgan fingerprint density at radius 3 is 3.27 bits per heavy atom. The Balaban J connectivity index is 2.34. The average molecular weight is 152 g/mol. The van der Waals surface area contributed by atoms with Gasteiger partial charge in [0, 0.05) is 19.1 Å². The predicted octanol–water partition coefficient (Wildman–Crippen LogP) is 0.303. The van der Waals surface area contributed by atoms with Crippen molar-refractivity contribution in [1.29, 1.82) is 0 Å². The lowest BCUT2D eigenvalue weighted by Gasteiger charge is -2.18. The number of rotatable bonds is 1. The lowest BCUT2D eigenvalue weighted by Crippen LogP contribution is -2.35. The summed E-state index contributed by atoms with van der Waals surface area (Å²) in [5.74, 6) is 2.68. The molecule has 0 radical (unpaired) electrons. The minimum atomic E-state index is 0.589. The second-order valence-corrected chi connectivity index (χ2v) is 3.15. The summed E-state index contributed by atoms with van der Waals surface area (Å²) in [4.78, 5) is 2.32. The van der Waals surface area contributed by atoms with Gasteiger partial charge in [0.25, 0.3) is 0 Å². The van der Waals surface area contributed by atoms with Crippen molar-refractivity contribution < 1.29 is 0 Å². The van der Waals surface area contributed by atoms with Gasteiger partial charge in [-0.1, -0.05) is 5.92 Å². The highest BCUT2D eigenvalue weighted by Crippen LogP contribution is 1.98. The van der Waals surface area contributed by atoms with Gasteiger partial charge in [-0.25, -0.2) is 0 Å². The number of hydrogen-bond acceptors (Lipinski definition) is 2. The Labute approximate surface area is 69.0 Å². The number of nitrogens with one attached hydrogen (secondary N) is 1. The van der Waals surface area contributed by atoms with Crippen LogP contribution >= 0.6 is 0 Å². The van der Waals surface area contributed by atoms with Gasteiger partial charge in [-0.2, -0.15) is 0 Å². The molecule has 1 aliphatic heterocycles. The maximum absolute atomic E-state index is 5.24. The molecule has 1 heterocycles. The fraction of sp³-hybridized carbons (Fsp3) is 0.778. The van der Waals surface area contributed by atoms with Crippen LogP contribution in [0.1, 0.15) is 13.3 Å². The molecule has 0 aromatic heterocycles. The van der Waals surface area contributed by atoms with Crippen LogP contribution in [0, 0.1) is 12.3 Å². The summed E-state index contributed by atoms with van der Waals surface area (Å²) >= 11 is 0. The molecule has 2 nitrogen and oxygen atoms in total. The van der Waals surface area contributed by atoms with Crippen molar-refractivity contribution in [3.8, 4) is 12.3 Å². The first-order valence-electron chi connectivity index (χ1n) is 4.22. The third kappa shape index (κ3) is 2.92. The summed E-state index contributed by atoms with van der Waals surface area (Å²) < 4.78 is 0. The van der Waals surface area contributed by atoms with Crippen LogP contribution < -0.4 is 5.32 Å². The van der Waals surface area contributed by atoms with Crippen molar-refractivity contribution in [2.75, 3.05) is 26.2 Å². The monoisotopic (exact) mass is 152 g/mol. The predicted molar refractivity (Wildman–Crippen MR) is 47.4 cm³/mol. The quantitative estimate of drug-likeness (QED) is 0.544. The topological polar surface area (TPSA) is 15.3 Å². The van der Waals surface area contributed by atoms with Crippen LogP contribution in [0.2, 0.25) is 0 Å². The van der Waals surface area contributed by atoms with Crippen LogP contribution in [-0.2, 0) is 0 Å². The van der Waals surface area contributed by atoms with Crippen LogP contribution in [0.3, 0.4) is 0 Å². The third-order valence-electron chi connectivity index (χ3n) is 1.99. The van der Waals surface area contributed by atoms with E-state index in [4.69, 9.17) is 6.42 Å². The second kappa shape index (κ2) is 4.38. The van der Waals surface area contributed by atoms with Gasteiger partial charge >= 0.3 is 0 Å². The van der Waals surface area contributed by atoms with Crippen LogP contribution in [-0.4, -0.2) is 37.1 Å². The van der Waals surface area contributed by atoms with Gasteiger partial charge in [-0.3, -0.25) is 4.90 Å². The summed E-state index contributed by atoms with van der Waals surface area (Å²) in [5, 5.41) is 3.42. The first-order chi connectivity index (χ1) is 5.33.